The molecule has 0 N–H and O–H groups in total. The molecule has 2 atom stereocenters. The van der Waals surface area contributed by atoms with Gasteiger partial charge in [-0.2, -0.15) is 0 Å². The highest BCUT2D eigenvalue weighted by molar-refractivity contribution is 5.82. The lowest BCUT2D eigenvalue weighted by Gasteiger charge is -2.19. The molecule has 0 aliphatic rings. The molecular weight excluding hydrogens is 200 g/mol. The van der Waals surface area contributed by atoms with Crippen LogP contribution in [0.25, 0.3) is 0 Å². The first-order valence-corrected chi connectivity index (χ1v) is 6.34. The molecule has 0 spiro atoms. The van der Waals surface area contributed by atoms with E-state index in [1.54, 1.807) is 0 Å². The van der Waals surface area contributed by atoms with E-state index in [0.717, 1.165) is 19.3 Å². The average Bonchev–Trinajstić information content (AvgIpc) is 2.27. The number of Topliss-reactive ketones (excluding diaryl/α,β-unsaturated/α-hetero) is 1. The van der Waals surface area contributed by atoms with Gasteiger partial charge < -0.3 is 4.74 Å². The van der Waals surface area contributed by atoms with Gasteiger partial charge in [-0.05, 0) is 26.2 Å². The fourth-order valence-corrected chi connectivity index (χ4v) is 1.87. The van der Waals surface area contributed by atoms with Crippen molar-refractivity contribution >= 4 is 5.78 Å². The van der Waals surface area contributed by atoms with E-state index >= 15 is 0 Å². The molecule has 0 aliphatic heterocycles. The Bertz CT molecular complexity index is 209. The lowest BCUT2D eigenvalue weighted by atomic mass is 9.88. The Labute approximate surface area is 100 Å². The number of hydrogen-bond donors (Lipinski definition) is 0. The second-order valence-electron chi connectivity index (χ2n) is 4.47. The smallest absolute Gasteiger partial charge is 0.138 e. The van der Waals surface area contributed by atoms with Crippen LogP contribution in [0, 0.1) is 11.8 Å². The van der Waals surface area contributed by atoms with E-state index in [9.17, 15) is 4.79 Å². The summed E-state index contributed by atoms with van der Waals surface area (Å²) in [7, 11) is 0. The maximum atomic E-state index is 11.9. The number of ether oxygens (including phenoxy) is 1. The van der Waals surface area contributed by atoms with Crippen molar-refractivity contribution in [2.24, 2.45) is 11.8 Å². The molecule has 0 bridgehead atoms. The number of rotatable bonds is 9. The van der Waals surface area contributed by atoms with Gasteiger partial charge in [0, 0.05) is 18.4 Å². The van der Waals surface area contributed by atoms with Gasteiger partial charge in [0.1, 0.15) is 5.78 Å². The summed E-state index contributed by atoms with van der Waals surface area (Å²) in [6, 6.07) is 0. The van der Waals surface area contributed by atoms with E-state index in [4.69, 9.17) is 4.74 Å². The third-order valence-electron chi connectivity index (χ3n) is 2.91. The van der Waals surface area contributed by atoms with Gasteiger partial charge in [-0.3, -0.25) is 4.79 Å². The molecule has 0 aliphatic carbocycles. The van der Waals surface area contributed by atoms with Crippen LogP contribution in [-0.4, -0.2) is 18.5 Å². The molecule has 2 heteroatoms. The van der Waals surface area contributed by atoms with Crippen molar-refractivity contribution in [2.45, 2.75) is 53.1 Å². The van der Waals surface area contributed by atoms with Gasteiger partial charge in [0.2, 0.25) is 0 Å². The Hall–Kier alpha value is -0.630. The van der Waals surface area contributed by atoms with Gasteiger partial charge in [-0.15, -0.1) is 6.58 Å². The zero-order valence-electron chi connectivity index (χ0n) is 11.2. The highest BCUT2D eigenvalue weighted by Crippen LogP contribution is 2.19. The van der Waals surface area contributed by atoms with E-state index in [0.29, 0.717) is 12.4 Å². The fourth-order valence-electron chi connectivity index (χ4n) is 1.87. The predicted molar refractivity (Wildman–Crippen MR) is 68.5 cm³/mol. The van der Waals surface area contributed by atoms with Crippen LogP contribution in [0.5, 0.6) is 0 Å². The van der Waals surface area contributed by atoms with Crippen LogP contribution >= 0.6 is 0 Å². The fraction of sp³-hybridized carbons (Fsp3) is 0.786. The lowest BCUT2D eigenvalue weighted by molar-refractivity contribution is -0.126. The Morgan fingerprint density at radius 3 is 2.31 bits per heavy atom. The Morgan fingerprint density at radius 2 is 1.94 bits per heavy atom. The molecular formula is C14H26O2. The second kappa shape index (κ2) is 8.51. The Balaban J connectivity index is 4.12. The third kappa shape index (κ3) is 5.45. The third-order valence-corrected chi connectivity index (χ3v) is 2.91. The summed E-state index contributed by atoms with van der Waals surface area (Å²) < 4.78 is 5.50. The molecule has 0 aromatic rings. The molecule has 0 saturated carbocycles. The predicted octanol–water partition coefficient (Wildman–Crippen LogP) is 3.61. The van der Waals surface area contributed by atoms with Gasteiger partial charge in [0.15, 0.2) is 0 Å². The average molecular weight is 226 g/mol. The summed E-state index contributed by atoms with van der Waals surface area (Å²) in [5.74, 6) is 0.698. The summed E-state index contributed by atoms with van der Waals surface area (Å²) >= 11 is 0. The maximum absolute atomic E-state index is 11.9. The summed E-state index contributed by atoms with van der Waals surface area (Å²) in [4.78, 5) is 11.9. The van der Waals surface area contributed by atoms with Crippen molar-refractivity contribution in [3.8, 4) is 0 Å². The van der Waals surface area contributed by atoms with E-state index in [1.165, 1.54) is 0 Å². The molecule has 0 heterocycles. The first-order chi connectivity index (χ1) is 7.56. The lowest BCUT2D eigenvalue weighted by Crippen LogP contribution is -2.21. The molecule has 0 rings (SSSR count). The van der Waals surface area contributed by atoms with Crippen molar-refractivity contribution in [1.82, 2.24) is 0 Å². The Kier molecular flexibility index (Phi) is 8.18. The van der Waals surface area contributed by atoms with Crippen molar-refractivity contribution < 1.29 is 9.53 Å². The minimum atomic E-state index is 0.0963. The molecule has 2 nitrogen and oxygen atoms in total. The van der Waals surface area contributed by atoms with E-state index < -0.39 is 0 Å². The van der Waals surface area contributed by atoms with Gasteiger partial charge in [0.05, 0.1) is 6.10 Å². The van der Waals surface area contributed by atoms with E-state index in [1.807, 2.05) is 26.8 Å². The standard InChI is InChI=1S/C14H26O2/c1-6-12(14(15)11(4)5)9-10-13(7-2)16-8-3/h7,11-13H,2,6,8-10H2,1,3-5H3. The quantitative estimate of drug-likeness (QED) is 0.561. The SMILES string of the molecule is C=CC(CCC(CC)C(=O)C(C)C)OCC. The Morgan fingerprint density at radius 1 is 1.31 bits per heavy atom. The molecule has 0 aromatic heterocycles. The molecule has 0 saturated heterocycles. The van der Waals surface area contributed by atoms with Crippen molar-refractivity contribution in [3.05, 3.63) is 12.7 Å². The second-order valence-corrected chi connectivity index (χ2v) is 4.47. The van der Waals surface area contributed by atoms with Crippen LogP contribution in [0.3, 0.4) is 0 Å². The molecule has 0 radical (unpaired) electrons. The van der Waals surface area contributed by atoms with E-state index in [-0.39, 0.29) is 17.9 Å². The summed E-state index contributed by atoms with van der Waals surface area (Å²) in [5, 5.41) is 0. The molecule has 0 fully saturated rings. The van der Waals surface area contributed by atoms with Crippen LogP contribution in [0.1, 0.15) is 47.0 Å². The number of hydrogen-bond acceptors (Lipinski definition) is 2. The van der Waals surface area contributed by atoms with Crippen LogP contribution in [-0.2, 0) is 9.53 Å². The van der Waals surface area contributed by atoms with Gasteiger partial charge in [0.25, 0.3) is 0 Å². The van der Waals surface area contributed by atoms with Gasteiger partial charge in [-0.25, -0.2) is 0 Å². The highest BCUT2D eigenvalue weighted by atomic mass is 16.5. The van der Waals surface area contributed by atoms with Crippen molar-refractivity contribution in [3.63, 3.8) is 0 Å². The maximum Gasteiger partial charge on any atom is 0.138 e. The van der Waals surface area contributed by atoms with Crippen molar-refractivity contribution in [1.29, 1.82) is 0 Å². The summed E-state index contributed by atoms with van der Waals surface area (Å²) in [5.41, 5.74) is 0. The minimum Gasteiger partial charge on any atom is -0.374 e. The van der Waals surface area contributed by atoms with Crippen LogP contribution < -0.4 is 0 Å². The van der Waals surface area contributed by atoms with Gasteiger partial charge in [-0.1, -0.05) is 26.8 Å². The summed E-state index contributed by atoms with van der Waals surface area (Å²) in [6.07, 6.45) is 4.65. The largest absolute Gasteiger partial charge is 0.374 e. The monoisotopic (exact) mass is 226 g/mol. The topological polar surface area (TPSA) is 26.3 Å². The number of carbonyl (C=O) groups is 1. The molecule has 0 amide bonds. The van der Waals surface area contributed by atoms with Crippen LogP contribution in [0.15, 0.2) is 12.7 Å². The van der Waals surface area contributed by atoms with Gasteiger partial charge >= 0.3 is 0 Å². The van der Waals surface area contributed by atoms with Crippen molar-refractivity contribution in [2.75, 3.05) is 6.61 Å². The normalized spacial score (nSPS) is 14.8. The molecule has 0 aromatic carbocycles. The zero-order chi connectivity index (χ0) is 12.6. The number of ketones is 1. The van der Waals surface area contributed by atoms with Crippen LogP contribution in [0.4, 0.5) is 0 Å². The first-order valence-electron chi connectivity index (χ1n) is 6.34. The van der Waals surface area contributed by atoms with E-state index in [2.05, 4.69) is 13.5 Å². The number of carbonyl (C=O) groups excluding carboxylic acids is 1. The summed E-state index contributed by atoms with van der Waals surface area (Å²) in [6.45, 7) is 12.5. The molecule has 94 valence electrons. The highest BCUT2D eigenvalue weighted by Gasteiger charge is 2.20. The molecule has 16 heavy (non-hydrogen) atoms. The van der Waals surface area contributed by atoms with Crippen LogP contribution in [0.2, 0.25) is 0 Å². The molecule has 2 unspecified atom stereocenters. The first kappa shape index (κ1) is 15.4. The zero-order valence-corrected chi connectivity index (χ0v) is 11.2. The minimum absolute atomic E-state index is 0.0963.